The normalized spacial score (nSPS) is 10.4. The predicted octanol–water partition coefficient (Wildman–Crippen LogP) is 1.34. The molecule has 0 atom stereocenters. The van der Waals surface area contributed by atoms with E-state index < -0.39 is 0 Å². The summed E-state index contributed by atoms with van der Waals surface area (Å²) in [4.78, 5) is 19.8. The van der Waals surface area contributed by atoms with Crippen molar-refractivity contribution in [1.29, 1.82) is 0 Å². The molecule has 0 N–H and O–H groups in total. The lowest BCUT2D eigenvalue weighted by atomic mass is 10.5. The quantitative estimate of drug-likeness (QED) is 0.647. The minimum atomic E-state index is -0.123. The van der Waals surface area contributed by atoms with Gasteiger partial charge in [0, 0.05) is 18.5 Å². The van der Waals surface area contributed by atoms with Gasteiger partial charge in [-0.3, -0.25) is 4.79 Å². The van der Waals surface area contributed by atoms with Crippen LogP contribution in [0.1, 0.15) is 0 Å². The van der Waals surface area contributed by atoms with Gasteiger partial charge in [0.05, 0.1) is 4.21 Å². The van der Waals surface area contributed by atoms with Crippen LogP contribution in [0.2, 0.25) is 0 Å². The van der Waals surface area contributed by atoms with Gasteiger partial charge in [-0.2, -0.15) is 0 Å². The summed E-state index contributed by atoms with van der Waals surface area (Å²) in [5.74, 6) is 0. The Morgan fingerprint density at radius 1 is 1.33 bits per heavy atom. The SMILES string of the molecule is O=c1cc(S)sc2nccnc12. The third-order valence-corrected chi connectivity index (χ3v) is 2.58. The lowest BCUT2D eigenvalue weighted by Crippen LogP contribution is -2.00. The van der Waals surface area contributed by atoms with Gasteiger partial charge in [-0.15, -0.1) is 24.0 Å². The molecule has 0 aromatic carbocycles. The number of hydrogen-bond donors (Lipinski definition) is 1. The molecule has 0 aliphatic heterocycles. The Labute approximate surface area is 77.5 Å². The largest absolute Gasteiger partial charge is 0.287 e. The molecule has 0 saturated heterocycles. The first kappa shape index (κ1) is 7.70. The van der Waals surface area contributed by atoms with E-state index in [1.165, 1.54) is 23.6 Å². The van der Waals surface area contributed by atoms with Crippen molar-refractivity contribution in [2.75, 3.05) is 0 Å². The van der Waals surface area contributed by atoms with Crippen molar-refractivity contribution in [3.05, 3.63) is 28.7 Å². The van der Waals surface area contributed by atoms with Crippen LogP contribution in [0.4, 0.5) is 0 Å². The average Bonchev–Trinajstić information content (AvgIpc) is 2.04. The van der Waals surface area contributed by atoms with E-state index in [1.807, 2.05) is 0 Å². The molecule has 2 aromatic heterocycles. The minimum Gasteiger partial charge on any atom is -0.287 e. The topological polar surface area (TPSA) is 42.9 Å². The minimum absolute atomic E-state index is 0.123. The van der Waals surface area contributed by atoms with Crippen LogP contribution in [0.3, 0.4) is 0 Å². The van der Waals surface area contributed by atoms with E-state index in [2.05, 4.69) is 22.6 Å². The van der Waals surface area contributed by atoms with Crippen LogP contribution >= 0.6 is 24.0 Å². The highest BCUT2D eigenvalue weighted by Crippen LogP contribution is 2.16. The van der Waals surface area contributed by atoms with Gasteiger partial charge in [0.15, 0.2) is 0 Å². The van der Waals surface area contributed by atoms with E-state index in [0.29, 0.717) is 14.6 Å². The van der Waals surface area contributed by atoms with E-state index in [4.69, 9.17) is 0 Å². The smallest absolute Gasteiger partial charge is 0.209 e. The van der Waals surface area contributed by atoms with Crippen LogP contribution in [0.5, 0.6) is 0 Å². The molecular weight excluding hydrogens is 192 g/mol. The third kappa shape index (κ3) is 1.21. The van der Waals surface area contributed by atoms with Crippen LogP contribution < -0.4 is 5.43 Å². The summed E-state index contributed by atoms with van der Waals surface area (Å²) < 4.78 is 0.660. The molecule has 0 amide bonds. The molecule has 2 aromatic rings. The second kappa shape index (κ2) is 2.84. The van der Waals surface area contributed by atoms with Gasteiger partial charge in [-0.25, -0.2) is 9.97 Å². The zero-order valence-corrected chi connectivity index (χ0v) is 7.60. The fourth-order valence-corrected chi connectivity index (χ4v) is 1.98. The number of thiol groups is 1. The maximum atomic E-state index is 11.3. The summed E-state index contributed by atoms with van der Waals surface area (Å²) in [7, 11) is 0. The summed E-state index contributed by atoms with van der Waals surface area (Å²) in [6.45, 7) is 0. The molecule has 3 nitrogen and oxygen atoms in total. The highest BCUT2D eigenvalue weighted by atomic mass is 32.2. The van der Waals surface area contributed by atoms with E-state index in [-0.39, 0.29) is 5.43 Å². The summed E-state index contributed by atoms with van der Waals surface area (Å²) in [6, 6.07) is 1.45. The first-order chi connectivity index (χ1) is 5.77. The van der Waals surface area contributed by atoms with Crippen LogP contribution in [-0.2, 0) is 0 Å². The van der Waals surface area contributed by atoms with Crippen LogP contribution in [0.25, 0.3) is 10.3 Å². The molecule has 12 heavy (non-hydrogen) atoms. The Balaban J connectivity index is 2.99. The van der Waals surface area contributed by atoms with Gasteiger partial charge in [0.25, 0.3) is 0 Å². The van der Waals surface area contributed by atoms with Crippen molar-refractivity contribution >= 4 is 34.3 Å². The van der Waals surface area contributed by atoms with Crippen molar-refractivity contribution in [3.63, 3.8) is 0 Å². The molecule has 0 aliphatic carbocycles. The maximum absolute atomic E-state index is 11.3. The fourth-order valence-electron chi connectivity index (χ4n) is 0.878. The Morgan fingerprint density at radius 2 is 2.08 bits per heavy atom. The van der Waals surface area contributed by atoms with E-state index in [9.17, 15) is 4.79 Å². The van der Waals surface area contributed by atoms with Crippen LogP contribution in [0, 0.1) is 0 Å². The predicted molar refractivity (Wildman–Crippen MR) is 50.9 cm³/mol. The van der Waals surface area contributed by atoms with Gasteiger partial charge in [0.2, 0.25) is 5.43 Å². The monoisotopic (exact) mass is 196 g/mol. The fraction of sp³-hybridized carbons (Fsp3) is 0. The first-order valence-corrected chi connectivity index (χ1v) is 4.47. The standard InChI is InChI=1S/C7H4N2OS2/c10-4-3-5(11)12-7-6(4)8-1-2-9-7/h1-3,11H. The van der Waals surface area contributed by atoms with Gasteiger partial charge in [0.1, 0.15) is 10.3 Å². The maximum Gasteiger partial charge on any atom is 0.209 e. The van der Waals surface area contributed by atoms with Gasteiger partial charge in [-0.1, -0.05) is 0 Å². The number of nitrogens with zero attached hydrogens (tertiary/aromatic N) is 2. The molecule has 5 heteroatoms. The average molecular weight is 196 g/mol. The Kier molecular flexibility index (Phi) is 1.82. The summed E-state index contributed by atoms with van der Waals surface area (Å²) in [5, 5.41) is 0. The number of rotatable bonds is 0. The molecule has 0 aliphatic rings. The zero-order valence-electron chi connectivity index (χ0n) is 5.89. The molecular formula is C7H4N2OS2. The highest BCUT2D eigenvalue weighted by molar-refractivity contribution is 7.83. The second-order valence-corrected chi connectivity index (χ2v) is 3.97. The first-order valence-electron chi connectivity index (χ1n) is 3.21. The Hall–Kier alpha value is -0.940. The molecule has 0 saturated carbocycles. The Morgan fingerprint density at radius 3 is 2.92 bits per heavy atom. The van der Waals surface area contributed by atoms with Gasteiger partial charge >= 0.3 is 0 Å². The second-order valence-electron chi connectivity index (χ2n) is 2.16. The number of fused-ring (bicyclic) bond motifs is 1. The van der Waals surface area contributed by atoms with Crippen molar-refractivity contribution in [1.82, 2.24) is 9.97 Å². The van der Waals surface area contributed by atoms with Crippen LogP contribution in [0.15, 0.2) is 27.5 Å². The highest BCUT2D eigenvalue weighted by Gasteiger charge is 2.00. The van der Waals surface area contributed by atoms with E-state index >= 15 is 0 Å². The van der Waals surface area contributed by atoms with E-state index in [0.717, 1.165) is 0 Å². The van der Waals surface area contributed by atoms with Crippen LogP contribution in [-0.4, -0.2) is 9.97 Å². The van der Waals surface area contributed by atoms with Crippen molar-refractivity contribution in [2.45, 2.75) is 4.21 Å². The summed E-state index contributed by atoms with van der Waals surface area (Å²) in [5.41, 5.74) is 0.294. The molecule has 0 radical (unpaired) electrons. The summed E-state index contributed by atoms with van der Waals surface area (Å²) in [6.07, 6.45) is 3.07. The lowest BCUT2D eigenvalue weighted by molar-refractivity contribution is 1.30. The summed E-state index contributed by atoms with van der Waals surface area (Å²) >= 11 is 5.43. The number of hydrogen-bond acceptors (Lipinski definition) is 5. The molecule has 60 valence electrons. The molecule has 0 bridgehead atoms. The molecule has 0 unspecified atom stereocenters. The van der Waals surface area contributed by atoms with Crippen molar-refractivity contribution in [2.24, 2.45) is 0 Å². The van der Waals surface area contributed by atoms with E-state index in [1.54, 1.807) is 6.20 Å². The van der Waals surface area contributed by atoms with Crippen molar-refractivity contribution in [3.8, 4) is 0 Å². The molecule has 2 heterocycles. The van der Waals surface area contributed by atoms with Gasteiger partial charge < -0.3 is 0 Å². The molecule has 0 spiro atoms. The Bertz CT molecular complexity index is 480. The lowest BCUT2D eigenvalue weighted by Gasteiger charge is -1.92. The number of aromatic nitrogens is 2. The zero-order chi connectivity index (χ0) is 8.55. The molecule has 0 fully saturated rings. The van der Waals surface area contributed by atoms with Crippen molar-refractivity contribution < 1.29 is 0 Å². The van der Waals surface area contributed by atoms with Gasteiger partial charge in [-0.05, 0) is 0 Å². The third-order valence-electron chi connectivity index (χ3n) is 1.35. The molecule has 2 rings (SSSR count).